The number of carbonyl (C=O) groups is 1. The molecule has 0 aromatic carbocycles. The van der Waals surface area contributed by atoms with Gasteiger partial charge in [-0.25, -0.2) is 0 Å². The Morgan fingerprint density at radius 2 is 1.74 bits per heavy atom. The van der Waals surface area contributed by atoms with Gasteiger partial charge in [-0.2, -0.15) is 17.0 Å². The number of likely N-dealkylation sites (N-methyl/N-ethyl adjacent to an activating group) is 1. The molecule has 1 aliphatic heterocycles. The minimum atomic E-state index is -3.38. The number of carbonyl (C=O) groups excluding carboxylic acids is 1. The van der Waals surface area contributed by atoms with E-state index in [1.54, 1.807) is 15.7 Å². The summed E-state index contributed by atoms with van der Waals surface area (Å²) < 4.78 is 28.7. The third kappa shape index (κ3) is 4.89. The van der Waals surface area contributed by atoms with Crippen LogP contribution in [0.25, 0.3) is 0 Å². The Labute approximate surface area is 140 Å². The Hall–Kier alpha value is -0.700. The molecule has 2 rings (SSSR count). The maximum absolute atomic E-state index is 12.8. The van der Waals surface area contributed by atoms with Crippen LogP contribution in [0.4, 0.5) is 0 Å². The van der Waals surface area contributed by atoms with Gasteiger partial charge in [0.05, 0.1) is 6.54 Å². The third-order valence-electron chi connectivity index (χ3n) is 4.85. The third-order valence-corrected chi connectivity index (χ3v) is 6.90. The summed E-state index contributed by atoms with van der Waals surface area (Å²) in [6.45, 7) is 4.99. The molecule has 23 heavy (non-hydrogen) atoms. The molecule has 0 unspecified atom stereocenters. The van der Waals surface area contributed by atoms with Crippen molar-refractivity contribution in [3.05, 3.63) is 0 Å². The Balaban J connectivity index is 1.86. The quantitative estimate of drug-likeness (QED) is 0.748. The average Bonchev–Trinajstić information content (AvgIpc) is 2.55. The number of hydrogen-bond donors (Lipinski definition) is 1. The highest BCUT2D eigenvalue weighted by Gasteiger charge is 2.34. The van der Waals surface area contributed by atoms with Crippen LogP contribution >= 0.6 is 0 Å². The lowest BCUT2D eigenvalue weighted by Gasteiger charge is -2.38. The molecule has 0 spiro atoms. The van der Waals surface area contributed by atoms with Crippen LogP contribution in [0.3, 0.4) is 0 Å². The van der Waals surface area contributed by atoms with Crippen molar-refractivity contribution in [3.63, 3.8) is 0 Å². The monoisotopic (exact) mass is 346 g/mol. The molecule has 0 aromatic heterocycles. The Morgan fingerprint density at radius 3 is 2.30 bits per heavy atom. The van der Waals surface area contributed by atoms with Gasteiger partial charge in [0.25, 0.3) is 10.2 Å². The van der Waals surface area contributed by atoms with Crippen molar-refractivity contribution in [2.45, 2.75) is 45.1 Å². The largest absolute Gasteiger partial charge is 0.355 e. The number of amides is 1. The first-order valence-electron chi connectivity index (χ1n) is 8.67. The Bertz CT molecular complexity index is 483. The van der Waals surface area contributed by atoms with E-state index < -0.39 is 10.2 Å². The molecule has 7 nitrogen and oxygen atoms in total. The van der Waals surface area contributed by atoms with E-state index in [-0.39, 0.29) is 11.9 Å². The lowest BCUT2D eigenvalue weighted by atomic mass is 9.96. The molecule has 1 heterocycles. The van der Waals surface area contributed by atoms with Gasteiger partial charge in [-0.15, -0.1) is 0 Å². The molecule has 1 saturated heterocycles. The molecule has 134 valence electrons. The van der Waals surface area contributed by atoms with Crippen molar-refractivity contribution >= 4 is 16.1 Å². The van der Waals surface area contributed by atoms with Gasteiger partial charge < -0.3 is 5.32 Å². The second-order valence-corrected chi connectivity index (χ2v) is 8.43. The number of rotatable bonds is 6. The normalized spacial score (nSPS) is 22.4. The maximum Gasteiger partial charge on any atom is 0.282 e. The molecule has 1 amide bonds. The molecule has 0 bridgehead atoms. The molecule has 1 N–H and O–H groups in total. The summed E-state index contributed by atoms with van der Waals surface area (Å²) in [5.74, 6) is 0.00290. The number of nitrogens with zero attached hydrogens (tertiary/aromatic N) is 3. The Kier molecular flexibility index (Phi) is 6.82. The van der Waals surface area contributed by atoms with E-state index in [4.69, 9.17) is 0 Å². The summed E-state index contributed by atoms with van der Waals surface area (Å²) in [6.07, 6.45) is 5.37. The molecule has 1 saturated carbocycles. The van der Waals surface area contributed by atoms with Crippen LogP contribution in [0.1, 0.15) is 39.0 Å². The molecule has 0 radical (unpaired) electrons. The second kappa shape index (κ2) is 8.41. The van der Waals surface area contributed by atoms with Gasteiger partial charge in [0.2, 0.25) is 5.91 Å². The summed E-state index contributed by atoms with van der Waals surface area (Å²) in [7, 11) is -1.67. The van der Waals surface area contributed by atoms with Gasteiger partial charge in [0.1, 0.15) is 0 Å². The van der Waals surface area contributed by atoms with Crippen molar-refractivity contribution in [2.75, 3.05) is 46.3 Å². The average molecular weight is 346 g/mol. The topological polar surface area (TPSA) is 73.0 Å². The van der Waals surface area contributed by atoms with Crippen molar-refractivity contribution in [1.82, 2.24) is 18.8 Å². The predicted molar refractivity (Wildman–Crippen MR) is 90.3 cm³/mol. The number of hydrogen-bond acceptors (Lipinski definition) is 4. The lowest BCUT2D eigenvalue weighted by Crippen LogP contribution is -2.55. The standard InChI is InChI=1S/C15H30N4O3S/c1-3-16-15(20)13-18-9-11-19(12-10-18)23(21,22)17(2)14-7-5-4-6-8-14/h14H,3-13H2,1-2H3,(H,16,20). The van der Waals surface area contributed by atoms with E-state index >= 15 is 0 Å². The molecule has 2 fully saturated rings. The van der Waals surface area contributed by atoms with Crippen LogP contribution in [0.15, 0.2) is 0 Å². The van der Waals surface area contributed by atoms with E-state index in [1.807, 2.05) is 11.8 Å². The van der Waals surface area contributed by atoms with Crippen molar-refractivity contribution < 1.29 is 13.2 Å². The van der Waals surface area contributed by atoms with Gasteiger partial charge >= 0.3 is 0 Å². The number of nitrogens with one attached hydrogen (secondary N) is 1. The first kappa shape index (κ1) is 18.6. The zero-order valence-electron chi connectivity index (χ0n) is 14.3. The first-order valence-corrected chi connectivity index (χ1v) is 10.1. The van der Waals surface area contributed by atoms with Gasteiger partial charge in [0, 0.05) is 45.8 Å². The zero-order chi connectivity index (χ0) is 16.9. The zero-order valence-corrected chi connectivity index (χ0v) is 15.1. The minimum Gasteiger partial charge on any atom is -0.355 e. The van der Waals surface area contributed by atoms with Crippen LogP contribution in [-0.2, 0) is 15.0 Å². The Morgan fingerprint density at radius 1 is 1.13 bits per heavy atom. The SMILES string of the molecule is CCNC(=O)CN1CCN(S(=O)(=O)N(C)C2CCCCC2)CC1. The first-order chi connectivity index (χ1) is 10.9. The van der Waals surface area contributed by atoms with E-state index in [0.717, 1.165) is 25.7 Å². The van der Waals surface area contributed by atoms with Crippen molar-refractivity contribution in [3.8, 4) is 0 Å². The van der Waals surface area contributed by atoms with Crippen LogP contribution in [0.2, 0.25) is 0 Å². The summed E-state index contributed by atoms with van der Waals surface area (Å²) in [6, 6.07) is 0.141. The van der Waals surface area contributed by atoms with E-state index in [1.165, 1.54) is 6.42 Å². The van der Waals surface area contributed by atoms with Crippen LogP contribution < -0.4 is 5.32 Å². The highest BCUT2D eigenvalue weighted by molar-refractivity contribution is 7.86. The fourth-order valence-corrected chi connectivity index (χ4v) is 4.97. The highest BCUT2D eigenvalue weighted by atomic mass is 32.2. The van der Waals surface area contributed by atoms with E-state index in [2.05, 4.69) is 5.32 Å². The highest BCUT2D eigenvalue weighted by Crippen LogP contribution is 2.25. The van der Waals surface area contributed by atoms with Gasteiger partial charge in [-0.1, -0.05) is 19.3 Å². The van der Waals surface area contributed by atoms with Crippen molar-refractivity contribution in [2.24, 2.45) is 0 Å². The lowest BCUT2D eigenvalue weighted by molar-refractivity contribution is -0.122. The molecule has 0 atom stereocenters. The maximum atomic E-state index is 12.8. The molecular weight excluding hydrogens is 316 g/mol. The molecule has 0 aromatic rings. The summed E-state index contributed by atoms with van der Waals surface area (Å²) in [4.78, 5) is 13.6. The van der Waals surface area contributed by atoms with Crippen LogP contribution in [0, 0.1) is 0 Å². The van der Waals surface area contributed by atoms with Crippen molar-refractivity contribution in [1.29, 1.82) is 0 Å². The molecule has 1 aliphatic carbocycles. The summed E-state index contributed by atoms with van der Waals surface area (Å²) in [5.41, 5.74) is 0. The fourth-order valence-electron chi connectivity index (χ4n) is 3.39. The van der Waals surface area contributed by atoms with Gasteiger partial charge in [-0.3, -0.25) is 9.69 Å². The molecule has 2 aliphatic rings. The molecule has 8 heteroatoms. The molecular formula is C15H30N4O3S. The van der Waals surface area contributed by atoms with Gasteiger partial charge in [-0.05, 0) is 19.8 Å². The minimum absolute atomic E-state index is 0.00290. The van der Waals surface area contributed by atoms with Crippen LogP contribution in [0.5, 0.6) is 0 Å². The second-order valence-electron chi connectivity index (χ2n) is 6.44. The van der Waals surface area contributed by atoms with Gasteiger partial charge in [0.15, 0.2) is 0 Å². The van der Waals surface area contributed by atoms with E-state index in [0.29, 0.717) is 39.3 Å². The summed E-state index contributed by atoms with van der Waals surface area (Å²) >= 11 is 0. The van der Waals surface area contributed by atoms with E-state index in [9.17, 15) is 13.2 Å². The van der Waals surface area contributed by atoms with Crippen LogP contribution in [-0.4, -0.2) is 80.2 Å². The fraction of sp³-hybridized carbons (Fsp3) is 0.933. The predicted octanol–water partition coefficient (Wildman–Crippen LogP) is 0.249. The number of piperazine rings is 1. The summed E-state index contributed by atoms with van der Waals surface area (Å²) in [5, 5.41) is 2.77. The smallest absolute Gasteiger partial charge is 0.282 e.